The standard InChI is InChI=1S/C15H21N3O2/c1-11-5-3-4-6-13(11)15(20)18-9-7-17(8-10-18)12(2)14(16)19/h3-6,12H,7-10H2,1-2H3,(H2,16,19). The van der Waals surface area contributed by atoms with Gasteiger partial charge in [0.1, 0.15) is 0 Å². The van der Waals surface area contributed by atoms with Crippen molar-refractivity contribution < 1.29 is 9.59 Å². The van der Waals surface area contributed by atoms with Crippen molar-refractivity contribution in [3.63, 3.8) is 0 Å². The zero-order valence-corrected chi connectivity index (χ0v) is 12.0. The van der Waals surface area contributed by atoms with Crippen LogP contribution in [0, 0.1) is 6.92 Å². The largest absolute Gasteiger partial charge is 0.368 e. The summed E-state index contributed by atoms with van der Waals surface area (Å²) in [4.78, 5) is 27.5. The lowest BCUT2D eigenvalue weighted by molar-refractivity contribution is -0.123. The van der Waals surface area contributed by atoms with Crippen LogP contribution in [0.5, 0.6) is 0 Å². The van der Waals surface area contributed by atoms with E-state index in [2.05, 4.69) is 0 Å². The molecule has 0 bridgehead atoms. The molecular weight excluding hydrogens is 254 g/mol. The van der Waals surface area contributed by atoms with Crippen molar-refractivity contribution in [2.45, 2.75) is 19.9 Å². The minimum atomic E-state index is -0.316. The van der Waals surface area contributed by atoms with E-state index in [0.717, 1.165) is 11.1 Å². The Morgan fingerprint density at radius 2 is 1.75 bits per heavy atom. The van der Waals surface area contributed by atoms with Crippen LogP contribution in [0.4, 0.5) is 0 Å². The normalized spacial score (nSPS) is 17.8. The van der Waals surface area contributed by atoms with Gasteiger partial charge in [0.2, 0.25) is 5.91 Å². The van der Waals surface area contributed by atoms with Gasteiger partial charge in [0.25, 0.3) is 5.91 Å². The van der Waals surface area contributed by atoms with E-state index in [1.165, 1.54) is 0 Å². The van der Waals surface area contributed by atoms with Gasteiger partial charge in [-0.1, -0.05) is 18.2 Å². The monoisotopic (exact) mass is 275 g/mol. The maximum Gasteiger partial charge on any atom is 0.254 e. The topological polar surface area (TPSA) is 66.6 Å². The first-order valence-electron chi connectivity index (χ1n) is 6.89. The van der Waals surface area contributed by atoms with Gasteiger partial charge in [0, 0.05) is 31.7 Å². The number of piperazine rings is 1. The Balaban J connectivity index is 1.99. The first-order valence-corrected chi connectivity index (χ1v) is 6.89. The molecule has 0 spiro atoms. The first kappa shape index (κ1) is 14.5. The number of primary amides is 1. The molecule has 1 aliphatic heterocycles. The number of nitrogens with zero attached hydrogens (tertiary/aromatic N) is 2. The highest BCUT2D eigenvalue weighted by Crippen LogP contribution is 2.13. The third-order valence-corrected chi connectivity index (χ3v) is 3.94. The van der Waals surface area contributed by atoms with Crippen molar-refractivity contribution in [2.24, 2.45) is 5.73 Å². The number of aryl methyl sites for hydroxylation is 1. The molecule has 2 N–H and O–H groups in total. The van der Waals surface area contributed by atoms with Crippen LogP contribution in [0.3, 0.4) is 0 Å². The minimum absolute atomic E-state index is 0.0643. The molecule has 1 aliphatic rings. The Labute approximate surface area is 119 Å². The lowest BCUT2D eigenvalue weighted by Crippen LogP contribution is -2.54. The van der Waals surface area contributed by atoms with Gasteiger partial charge in [-0.05, 0) is 25.5 Å². The summed E-state index contributed by atoms with van der Waals surface area (Å²) < 4.78 is 0. The third-order valence-electron chi connectivity index (χ3n) is 3.94. The fourth-order valence-corrected chi connectivity index (χ4v) is 2.48. The summed E-state index contributed by atoms with van der Waals surface area (Å²) >= 11 is 0. The van der Waals surface area contributed by atoms with Gasteiger partial charge >= 0.3 is 0 Å². The summed E-state index contributed by atoms with van der Waals surface area (Å²) in [5, 5.41) is 0. The maximum absolute atomic E-state index is 12.4. The van der Waals surface area contributed by atoms with Gasteiger partial charge in [-0.3, -0.25) is 14.5 Å². The molecule has 2 amide bonds. The summed E-state index contributed by atoms with van der Waals surface area (Å²) in [6.45, 7) is 6.37. The van der Waals surface area contributed by atoms with Crippen LogP contribution in [0.1, 0.15) is 22.8 Å². The number of hydrogen-bond acceptors (Lipinski definition) is 3. The van der Waals surface area contributed by atoms with E-state index in [0.29, 0.717) is 26.2 Å². The van der Waals surface area contributed by atoms with Gasteiger partial charge in [-0.15, -0.1) is 0 Å². The van der Waals surface area contributed by atoms with E-state index in [-0.39, 0.29) is 17.9 Å². The Morgan fingerprint density at radius 3 is 2.30 bits per heavy atom. The molecule has 0 aromatic heterocycles. The van der Waals surface area contributed by atoms with Crippen LogP contribution in [0.15, 0.2) is 24.3 Å². The molecule has 1 fully saturated rings. The second-order valence-electron chi connectivity index (χ2n) is 5.22. The number of hydrogen-bond donors (Lipinski definition) is 1. The zero-order valence-electron chi connectivity index (χ0n) is 12.0. The van der Waals surface area contributed by atoms with Crippen molar-refractivity contribution in [2.75, 3.05) is 26.2 Å². The third kappa shape index (κ3) is 2.99. The molecule has 1 heterocycles. The Bertz CT molecular complexity index is 508. The van der Waals surface area contributed by atoms with Crippen molar-refractivity contribution in [3.8, 4) is 0 Å². The van der Waals surface area contributed by atoms with Gasteiger partial charge in [-0.25, -0.2) is 0 Å². The van der Waals surface area contributed by atoms with Gasteiger partial charge in [-0.2, -0.15) is 0 Å². The van der Waals surface area contributed by atoms with Crippen molar-refractivity contribution in [1.29, 1.82) is 0 Å². The van der Waals surface area contributed by atoms with Crippen molar-refractivity contribution in [3.05, 3.63) is 35.4 Å². The number of carbonyl (C=O) groups is 2. The molecule has 1 aromatic rings. The van der Waals surface area contributed by atoms with Gasteiger partial charge in [0.05, 0.1) is 6.04 Å². The molecule has 0 saturated carbocycles. The van der Waals surface area contributed by atoms with E-state index < -0.39 is 0 Å². The number of nitrogens with two attached hydrogens (primary N) is 1. The Morgan fingerprint density at radius 1 is 1.15 bits per heavy atom. The molecule has 0 radical (unpaired) electrons. The molecular formula is C15H21N3O2. The molecule has 5 heteroatoms. The fraction of sp³-hybridized carbons (Fsp3) is 0.467. The van der Waals surface area contributed by atoms with Gasteiger partial charge in [0.15, 0.2) is 0 Å². The highest BCUT2D eigenvalue weighted by molar-refractivity contribution is 5.95. The SMILES string of the molecule is Cc1ccccc1C(=O)N1CCN(C(C)C(N)=O)CC1. The van der Waals surface area contributed by atoms with Gasteiger partial charge < -0.3 is 10.6 Å². The predicted molar refractivity (Wildman–Crippen MR) is 77.3 cm³/mol. The second kappa shape index (κ2) is 6.05. The molecule has 20 heavy (non-hydrogen) atoms. The summed E-state index contributed by atoms with van der Waals surface area (Å²) in [5.74, 6) is -0.252. The van der Waals surface area contributed by atoms with E-state index in [1.54, 1.807) is 6.92 Å². The second-order valence-corrected chi connectivity index (χ2v) is 5.22. The highest BCUT2D eigenvalue weighted by atomic mass is 16.2. The van der Waals surface area contributed by atoms with Crippen molar-refractivity contribution >= 4 is 11.8 Å². The quantitative estimate of drug-likeness (QED) is 0.879. The molecule has 1 atom stereocenters. The molecule has 108 valence electrons. The van der Waals surface area contributed by atoms with Crippen LogP contribution in [-0.2, 0) is 4.79 Å². The molecule has 1 aromatic carbocycles. The van der Waals surface area contributed by atoms with E-state index in [1.807, 2.05) is 41.0 Å². The lowest BCUT2D eigenvalue weighted by Gasteiger charge is -2.37. The summed E-state index contributed by atoms with van der Waals surface area (Å²) in [5.41, 5.74) is 7.06. The summed E-state index contributed by atoms with van der Waals surface area (Å²) in [6.07, 6.45) is 0. The first-order chi connectivity index (χ1) is 9.50. The maximum atomic E-state index is 12.4. The average molecular weight is 275 g/mol. The predicted octanol–water partition coefficient (Wildman–Crippen LogP) is 0.627. The molecule has 0 aliphatic carbocycles. The highest BCUT2D eigenvalue weighted by Gasteiger charge is 2.27. The fourth-order valence-electron chi connectivity index (χ4n) is 2.48. The van der Waals surface area contributed by atoms with E-state index in [9.17, 15) is 9.59 Å². The molecule has 1 unspecified atom stereocenters. The van der Waals surface area contributed by atoms with Crippen LogP contribution in [-0.4, -0.2) is 53.8 Å². The average Bonchev–Trinajstić information content (AvgIpc) is 2.46. The van der Waals surface area contributed by atoms with Crippen LogP contribution in [0.2, 0.25) is 0 Å². The number of amides is 2. The lowest BCUT2D eigenvalue weighted by atomic mass is 10.1. The molecule has 5 nitrogen and oxygen atoms in total. The van der Waals surface area contributed by atoms with E-state index >= 15 is 0 Å². The summed E-state index contributed by atoms with van der Waals surface area (Å²) in [6, 6.07) is 7.34. The number of carbonyl (C=O) groups excluding carboxylic acids is 2. The molecule has 2 rings (SSSR count). The smallest absolute Gasteiger partial charge is 0.254 e. The number of rotatable bonds is 3. The minimum Gasteiger partial charge on any atom is -0.368 e. The van der Waals surface area contributed by atoms with Crippen molar-refractivity contribution in [1.82, 2.24) is 9.80 Å². The zero-order chi connectivity index (χ0) is 14.7. The van der Waals surface area contributed by atoms with Crippen LogP contribution in [0.25, 0.3) is 0 Å². The molecule has 1 saturated heterocycles. The Hall–Kier alpha value is -1.88. The van der Waals surface area contributed by atoms with Crippen LogP contribution < -0.4 is 5.73 Å². The summed E-state index contributed by atoms with van der Waals surface area (Å²) in [7, 11) is 0. The number of benzene rings is 1. The van der Waals surface area contributed by atoms with Crippen LogP contribution >= 0.6 is 0 Å². The Kier molecular flexibility index (Phi) is 4.39. The van der Waals surface area contributed by atoms with E-state index in [4.69, 9.17) is 5.73 Å².